The van der Waals surface area contributed by atoms with E-state index < -0.39 is 10.2 Å². The molecule has 0 aromatic carbocycles. The number of aryl methyl sites for hydroxylation is 1. The van der Waals surface area contributed by atoms with Gasteiger partial charge in [0.1, 0.15) is 5.01 Å². The van der Waals surface area contributed by atoms with E-state index in [1.54, 1.807) is 11.2 Å². The van der Waals surface area contributed by atoms with Gasteiger partial charge in [0.2, 0.25) is 5.13 Å². The van der Waals surface area contributed by atoms with Crippen LogP contribution in [0.4, 0.5) is 5.13 Å². The second-order valence-corrected chi connectivity index (χ2v) is 8.00. The van der Waals surface area contributed by atoms with Crippen molar-refractivity contribution in [2.45, 2.75) is 45.6 Å². The number of aromatic nitrogens is 2. The van der Waals surface area contributed by atoms with Gasteiger partial charge in [-0.05, 0) is 32.7 Å². The van der Waals surface area contributed by atoms with Crippen LogP contribution < -0.4 is 10.0 Å². The van der Waals surface area contributed by atoms with Gasteiger partial charge < -0.3 is 5.32 Å². The van der Waals surface area contributed by atoms with Crippen LogP contribution in [0.3, 0.4) is 0 Å². The molecule has 2 N–H and O–H groups in total. The van der Waals surface area contributed by atoms with Crippen LogP contribution in [-0.2, 0) is 10.2 Å². The summed E-state index contributed by atoms with van der Waals surface area (Å²) in [6, 6.07) is 0.0109. The van der Waals surface area contributed by atoms with E-state index in [-0.39, 0.29) is 6.04 Å². The zero-order valence-corrected chi connectivity index (χ0v) is 14.1. The van der Waals surface area contributed by atoms with Gasteiger partial charge in [-0.15, -0.1) is 10.2 Å². The Balaban J connectivity index is 2.04. The van der Waals surface area contributed by atoms with Crippen LogP contribution in [0.1, 0.15) is 37.6 Å². The lowest BCUT2D eigenvalue weighted by molar-refractivity contribution is 0.247. The molecule has 0 radical (unpaired) electrons. The second kappa shape index (κ2) is 7.48. The minimum absolute atomic E-state index is 0.0109. The molecule has 1 atom stereocenters. The minimum atomic E-state index is -3.56. The molecule has 0 aliphatic carbocycles. The molecular formula is C12H23N5O2S2. The molecule has 2 rings (SSSR count). The fourth-order valence-electron chi connectivity index (χ4n) is 2.45. The van der Waals surface area contributed by atoms with Gasteiger partial charge >= 0.3 is 10.2 Å². The predicted octanol–water partition coefficient (Wildman–Crippen LogP) is 1.36. The van der Waals surface area contributed by atoms with Gasteiger partial charge in [-0.1, -0.05) is 24.7 Å². The third-order valence-electron chi connectivity index (χ3n) is 3.43. The summed E-state index contributed by atoms with van der Waals surface area (Å²) < 4.78 is 29.2. The summed E-state index contributed by atoms with van der Waals surface area (Å²) in [5, 5.41) is 12.1. The van der Waals surface area contributed by atoms with Crippen molar-refractivity contribution in [3.8, 4) is 0 Å². The van der Waals surface area contributed by atoms with E-state index in [2.05, 4.69) is 27.2 Å². The molecule has 7 nitrogen and oxygen atoms in total. The zero-order chi connectivity index (χ0) is 15.3. The normalized spacial score (nSPS) is 20.6. The van der Waals surface area contributed by atoms with Crippen molar-refractivity contribution in [2.75, 3.05) is 24.4 Å². The maximum absolute atomic E-state index is 12.5. The lowest BCUT2D eigenvalue weighted by Crippen LogP contribution is -2.50. The molecule has 1 aromatic rings. The van der Waals surface area contributed by atoms with E-state index in [9.17, 15) is 8.42 Å². The third-order valence-corrected chi connectivity index (χ3v) is 5.86. The number of nitrogens with one attached hydrogen (secondary N) is 2. The summed E-state index contributed by atoms with van der Waals surface area (Å²) in [7, 11) is -3.56. The molecule has 1 aliphatic heterocycles. The lowest BCUT2D eigenvalue weighted by Gasteiger charge is -2.34. The van der Waals surface area contributed by atoms with Crippen molar-refractivity contribution in [3.63, 3.8) is 0 Å². The fraction of sp³-hybridized carbons (Fsp3) is 0.833. The Bertz CT molecular complexity index is 546. The van der Waals surface area contributed by atoms with Gasteiger partial charge in [0, 0.05) is 19.1 Å². The maximum Gasteiger partial charge on any atom is 0.303 e. The SMILES string of the molecule is CCCNCC1CCCCN1S(=O)(=O)Nc1nnc(C)s1. The Morgan fingerprint density at radius 1 is 1.38 bits per heavy atom. The van der Waals surface area contributed by atoms with Crippen LogP contribution in [0.25, 0.3) is 0 Å². The van der Waals surface area contributed by atoms with E-state index in [1.165, 1.54) is 11.3 Å². The average molecular weight is 333 g/mol. The number of anilines is 1. The van der Waals surface area contributed by atoms with Gasteiger partial charge in [-0.3, -0.25) is 0 Å². The number of hydrogen-bond acceptors (Lipinski definition) is 6. The van der Waals surface area contributed by atoms with Crippen LogP contribution in [0.5, 0.6) is 0 Å². The summed E-state index contributed by atoms with van der Waals surface area (Å²) in [5.41, 5.74) is 0. The maximum atomic E-state index is 12.5. The highest BCUT2D eigenvalue weighted by Crippen LogP contribution is 2.23. The first kappa shape index (κ1) is 16.6. The Labute approximate surface area is 130 Å². The van der Waals surface area contributed by atoms with E-state index in [1.807, 2.05) is 0 Å². The molecule has 1 aromatic heterocycles. The molecular weight excluding hydrogens is 310 g/mol. The van der Waals surface area contributed by atoms with E-state index >= 15 is 0 Å². The van der Waals surface area contributed by atoms with Crippen molar-refractivity contribution >= 4 is 26.7 Å². The number of piperidine rings is 1. The average Bonchev–Trinajstić information content (AvgIpc) is 2.84. The molecule has 0 saturated carbocycles. The van der Waals surface area contributed by atoms with Crippen molar-refractivity contribution in [1.82, 2.24) is 19.8 Å². The smallest absolute Gasteiger partial charge is 0.303 e. The number of rotatable bonds is 7. The molecule has 9 heteroatoms. The van der Waals surface area contributed by atoms with E-state index in [0.717, 1.165) is 37.2 Å². The first-order valence-corrected chi connectivity index (χ1v) is 9.59. The second-order valence-electron chi connectivity index (χ2n) is 5.20. The Morgan fingerprint density at radius 3 is 2.86 bits per heavy atom. The molecule has 1 fully saturated rings. The Morgan fingerprint density at radius 2 is 2.19 bits per heavy atom. The molecule has 120 valence electrons. The summed E-state index contributed by atoms with van der Waals surface area (Å²) in [4.78, 5) is 0. The van der Waals surface area contributed by atoms with Gasteiger partial charge in [0.15, 0.2) is 0 Å². The third kappa shape index (κ3) is 4.60. The van der Waals surface area contributed by atoms with Crippen LogP contribution >= 0.6 is 11.3 Å². The summed E-state index contributed by atoms with van der Waals surface area (Å²) in [6.45, 7) is 6.07. The molecule has 2 heterocycles. The number of nitrogens with zero attached hydrogens (tertiary/aromatic N) is 3. The summed E-state index contributed by atoms with van der Waals surface area (Å²) in [5.74, 6) is 0. The van der Waals surface area contributed by atoms with Gasteiger partial charge in [-0.25, -0.2) is 4.72 Å². The minimum Gasteiger partial charge on any atom is -0.315 e. The van der Waals surface area contributed by atoms with E-state index in [4.69, 9.17) is 0 Å². The van der Waals surface area contributed by atoms with Crippen molar-refractivity contribution in [2.24, 2.45) is 0 Å². The fourth-order valence-corrected chi connectivity index (χ4v) is 4.69. The van der Waals surface area contributed by atoms with Crippen LogP contribution in [-0.4, -0.2) is 48.6 Å². The number of hydrogen-bond donors (Lipinski definition) is 2. The molecule has 1 saturated heterocycles. The van der Waals surface area contributed by atoms with Gasteiger partial charge in [0.05, 0.1) is 0 Å². The molecule has 21 heavy (non-hydrogen) atoms. The van der Waals surface area contributed by atoms with Crippen LogP contribution in [0.2, 0.25) is 0 Å². The first-order chi connectivity index (χ1) is 10.0. The largest absolute Gasteiger partial charge is 0.315 e. The lowest BCUT2D eigenvalue weighted by atomic mass is 10.1. The highest BCUT2D eigenvalue weighted by atomic mass is 32.2. The molecule has 0 spiro atoms. The van der Waals surface area contributed by atoms with E-state index in [0.29, 0.717) is 18.2 Å². The van der Waals surface area contributed by atoms with Crippen molar-refractivity contribution < 1.29 is 8.42 Å². The molecule has 0 bridgehead atoms. The van der Waals surface area contributed by atoms with Crippen molar-refractivity contribution in [1.29, 1.82) is 0 Å². The monoisotopic (exact) mass is 333 g/mol. The summed E-state index contributed by atoms with van der Waals surface area (Å²) >= 11 is 1.25. The standard InChI is InChI=1S/C12H23N5O2S2/c1-3-7-13-9-11-6-4-5-8-17(11)21(18,19)16-12-15-14-10(2)20-12/h11,13H,3-9H2,1-2H3,(H,15,16). The van der Waals surface area contributed by atoms with Gasteiger partial charge in [-0.2, -0.15) is 12.7 Å². The zero-order valence-electron chi connectivity index (χ0n) is 12.5. The highest BCUT2D eigenvalue weighted by Gasteiger charge is 2.32. The molecule has 1 aliphatic rings. The van der Waals surface area contributed by atoms with Crippen LogP contribution in [0.15, 0.2) is 0 Å². The van der Waals surface area contributed by atoms with Gasteiger partial charge in [0.25, 0.3) is 0 Å². The Hall–Kier alpha value is -0.770. The van der Waals surface area contributed by atoms with Crippen LogP contribution in [0, 0.1) is 6.92 Å². The Kier molecular flexibility index (Phi) is 5.91. The first-order valence-electron chi connectivity index (χ1n) is 7.33. The summed E-state index contributed by atoms with van der Waals surface area (Å²) in [6.07, 6.45) is 3.91. The molecule has 1 unspecified atom stereocenters. The van der Waals surface area contributed by atoms with Crippen molar-refractivity contribution in [3.05, 3.63) is 5.01 Å². The topological polar surface area (TPSA) is 87.2 Å². The highest BCUT2D eigenvalue weighted by molar-refractivity contribution is 7.90. The quantitative estimate of drug-likeness (QED) is 0.736. The predicted molar refractivity (Wildman–Crippen MR) is 84.7 cm³/mol. The molecule has 0 amide bonds.